The van der Waals surface area contributed by atoms with E-state index in [4.69, 9.17) is 23.2 Å². The first-order chi connectivity index (χ1) is 10.6. The van der Waals surface area contributed by atoms with Gasteiger partial charge in [-0.05, 0) is 42.3 Å². The van der Waals surface area contributed by atoms with E-state index in [2.05, 4.69) is 10.3 Å². The van der Waals surface area contributed by atoms with Gasteiger partial charge in [0.1, 0.15) is 0 Å². The number of rotatable bonds is 3. The van der Waals surface area contributed by atoms with Gasteiger partial charge in [0, 0.05) is 5.02 Å². The first-order valence-electron chi connectivity index (χ1n) is 6.81. The van der Waals surface area contributed by atoms with Gasteiger partial charge in [-0.3, -0.25) is 4.79 Å². The summed E-state index contributed by atoms with van der Waals surface area (Å²) in [6, 6.07) is 12.8. The average Bonchev–Trinajstić information content (AvgIpc) is 2.85. The van der Waals surface area contributed by atoms with Gasteiger partial charge >= 0.3 is 11.7 Å². The van der Waals surface area contributed by atoms with Crippen molar-refractivity contribution >= 4 is 34.6 Å². The summed E-state index contributed by atoms with van der Waals surface area (Å²) in [5, 5.41) is 3.97. The van der Waals surface area contributed by atoms with Gasteiger partial charge in [-0.15, -0.1) is 0 Å². The van der Waals surface area contributed by atoms with Crippen LogP contribution in [0.15, 0.2) is 48.7 Å². The third-order valence-electron chi connectivity index (χ3n) is 3.49. The second-order valence-corrected chi connectivity index (χ2v) is 5.75. The van der Waals surface area contributed by atoms with Crippen molar-refractivity contribution in [1.82, 2.24) is 10.3 Å². The molecule has 22 heavy (non-hydrogen) atoms. The van der Waals surface area contributed by atoms with Crippen LogP contribution >= 0.6 is 23.2 Å². The number of pyridine rings is 1. The Morgan fingerprint density at radius 3 is 2.68 bits per heavy atom. The Bertz CT molecular complexity index is 844. The van der Waals surface area contributed by atoms with Crippen LogP contribution in [0.2, 0.25) is 10.2 Å². The van der Waals surface area contributed by atoms with Crippen molar-refractivity contribution in [1.29, 1.82) is 0 Å². The summed E-state index contributed by atoms with van der Waals surface area (Å²) in [4.78, 5) is 15.4. The van der Waals surface area contributed by atoms with Crippen LogP contribution in [0.5, 0.6) is 0 Å². The summed E-state index contributed by atoms with van der Waals surface area (Å²) in [6.07, 6.45) is 1.78. The number of carbonyl (C=O) groups excluding carboxylic acids is 1. The minimum absolute atomic E-state index is 0.220. The molecule has 0 saturated carbocycles. The van der Waals surface area contributed by atoms with Crippen LogP contribution in [-0.4, -0.2) is 10.9 Å². The Labute approximate surface area is 137 Å². The Morgan fingerprint density at radius 1 is 1.18 bits per heavy atom. The van der Waals surface area contributed by atoms with Crippen LogP contribution < -0.4 is 9.72 Å². The zero-order valence-corrected chi connectivity index (χ0v) is 13.3. The predicted molar refractivity (Wildman–Crippen MR) is 86.3 cm³/mol. The molecule has 0 spiro atoms. The topological polar surface area (TPSA) is 49.0 Å². The van der Waals surface area contributed by atoms with Gasteiger partial charge in [-0.25, -0.2) is 4.98 Å². The fourth-order valence-electron chi connectivity index (χ4n) is 2.38. The molecule has 0 radical (unpaired) electrons. The highest BCUT2D eigenvalue weighted by molar-refractivity contribution is 6.32. The van der Waals surface area contributed by atoms with Crippen molar-refractivity contribution in [2.45, 2.75) is 13.0 Å². The van der Waals surface area contributed by atoms with Crippen LogP contribution in [0.25, 0.3) is 5.52 Å². The van der Waals surface area contributed by atoms with Crippen LogP contribution in [0.4, 0.5) is 0 Å². The van der Waals surface area contributed by atoms with Crippen molar-refractivity contribution in [2.75, 3.05) is 0 Å². The Balaban J connectivity index is 1.89. The summed E-state index contributed by atoms with van der Waals surface area (Å²) < 4.78 is 1.72. The van der Waals surface area contributed by atoms with E-state index in [0.29, 0.717) is 16.0 Å². The largest absolute Gasteiger partial charge is 0.352 e. The van der Waals surface area contributed by atoms with Gasteiger partial charge in [0.15, 0.2) is 5.52 Å². The van der Waals surface area contributed by atoms with E-state index in [1.165, 1.54) is 0 Å². The molecule has 4 nitrogen and oxygen atoms in total. The third kappa shape index (κ3) is 2.67. The molecule has 0 saturated heterocycles. The number of H-pyrrole nitrogens is 1. The molecule has 0 bridgehead atoms. The predicted octanol–water partition coefficient (Wildman–Crippen LogP) is 3.55. The van der Waals surface area contributed by atoms with Gasteiger partial charge < -0.3 is 5.32 Å². The molecule has 0 fully saturated rings. The highest BCUT2D eigenvalue weighted by atomic mass is 35.5. The van der Waals surface area contributed by atoms with Crippen molar-refractivity contribution < 1.29 is 9.20 Å². The zero-order chi connectivity index (χ0) is 15.7. The van der Waals surface area contributed by atoms with Crippen LogP contribution in [0.3, 0.4) is 0 Å². The fourth-order valence-corrected chi connectivity index (χ4v) is 2.92. The lowest BCUT2D eigenvalue weighted by Gasteiger charge is -2.13. The highest BCUT2D eigenvalue weighted by Gasteiger charge is 2.25. The van der Waals surface area contributed by atoms with Crippen molar-refractivity contribution in [2.24, 2.45) is 0 Å². The quantitative estimate of drug-likeness (QED) is 0.707. The number of halogens is 2. The molecule has 6 heteroatoms. The van der Waals surface area contributed by atoms with Gasteiger partial charge in [-0.2, -0.15) is 4.40 Å². The molecule has 112 valence electrons. The molecule has 3 aromatic rings. The molecule has 0 aliphatic heterocycles. The summed E-state index contributed by atoms with van der Waals surface area (Å²) in [7, 11) is 0. The molecule has 2 heterocycles. The SMILES string of the molecule is CC(NC(=O)c1[nH]c(Cl)c2cccc[n+]12)c1ccccc1Cl. The summed E-state index contributed by atoms with van der Waals surface area (Å²) >= 11 is 12.3. The normalized spacial score (nSPS) is 12.3. The number of hydrogen-bond donors (Lipinski definition) is 2. The first-order valence-corrected chi connectivity index (χ1v) is 7.56. The number of nitrogens with one attached hydrogen (secondary N) is 2. The second-order valence-electron chi connectivity index (χ2n) is 4.96. The van der Waals surface area contributed by atoms with Gasteiger partial charge in [0.25, 0.3) is 0 Å². The van der Waals surface area contributed by atoms with Crippen LogP contribution in [0.1, 0.15) is 29.1 Å². The minimum atomic E-state index is -0.250. The van der Waals surface area contributed by atoms with Crippen molar-refractivity contribution in [3.63, 3.8) is 0 Å². The summed E-state index contributed by atoms with van der Waals surface area (Å²) in [6.45, 7) is 1.89. The molecule has 2 N–H and O–H groups in total. The third-order valence-corrected chi connectivity index (χ3v) is 4.12. The molecule has 1 aromatic carbocycles. The number of imidazole rings is 1. The van der Waals surface area contributed by atoms with E-state index in [9.17, 15) is 4.79 Å². The van der Waals surface area contributed by atoms with E-state index < -0.39 is 0 Å². The van der Waals surface area contributed by atoms with Gasteiger partial charge in [-0.1, -0.05) is 35.9 Å². The highest BCUT2D eigenvalue weighted by Crippen LogP contribution is 2.22. The Hall–Kier alpha value is -2.04. The molecule has 0 aliphatic rings. The van der Waals surface area contributed by atoms with Crippen molar-refractivity contribution in [3.05, 3.63) is 70.2 Å². The van der Waals surface area contributed by atoms with E-state index in [0.717, 1.165) is 11.1 Å². The number of carbonyl (C=O) groups is 1. The molecular formula is C16H14Cl2N3O+. The maximum Gasteiger partial charge on any atom is 0.352 e. The Morgan fingerprint density at radius 2 is 1.91 bits per heavy atom. The number of amides is 1. The monoisotopic (exact) mass is 334 g/mol. The van der Waals surface area contributed by atoms with Crippen molar-refractivity contribution in [3.8, 4) is 0 Å². The van der Waals surface area contributed by atoms with Gasteiger partial charge in [0.2, 0.25) is 5.15 Å². The molecule has 3 rings (SSSR count). The van der Waals surface area contributed by atoms with Gasteiger partial charge in [0.05, 0.1) is 12.2 Å². The lowest BCUT2D eigenvalue weighted by atomic mass is 10.1. The first kappa shape index (κ1) is 14.9. The number of nitrogens with zero attached hydrogens (tertiary/aromatic N) is 1. The number of aromatic nitrogens is 2. The molecule has 1 atom stereocenters. The maximum absolute atomic E-state index is 12.5. The molecule has 0 aliphatic carbocycles. The molecule has 1 amide bonds. The lowest BCUT2D eigenvalue weighted by Crippen LogP contribution is -2.36. The summed E-state index contributed by atoms with van der Waals surface area (Å²) in [5.74, 6) is 0.125. The van der Waals surface area contributed by atoms with E-state index in [1.807, 2.05) is 43.3 Å². The lowest BCUT2D eigenvalue weighted by molar-refractivity contribution is -0.514. The molecular weight excluding hydrogens is 321 g/mol. The van der Waals surface area contributed by atoms with E-state index in [-0.39, 0.29) is 11.9 Å². The Kier molecular flexibility index (Phi) is 4.05. The number of hydrogen-bond acceptors (Lipinski definition) is 1. The maximum atomic E-state index is 12.5. The van der Waals surface area contributed by atoms with E-state index in [1.54, 1.807) is 16.7 Å². The second kappa shape index (κ2) is 5.99. The van der Waals surface area contributed by atoms with Crippen LogP contribution in [0, 0.1) is 0 Å². The summed E-state index contributed by atoms with van der Waals surface area (Å²) in [5.41, 5.74) is 1.61. The average molecular weight is 335 g/mol. The van der Waals surface area contributed by atoms with E-state index >= 15 is 0 Å². The fraction of sp³-hybridized carbons (Fsp3) is 0.125. The molecule has 1 unspecified atom stereocenters. The molecule has 2 aromatic heterocycles. The smallest absolute Gasteiger partial charge is 0.339 e. The standard InChI is InChI=1S/C16H13Cl2N3O/c1-10(11-6-2-3-7-12(11)17)19-16(22)15-20-14(18)13-8-4-5-9-21(13)15/h2-10H,1H3,(H,19,22)/p+1. The number of fused-ring (bicyclic) bond motifs is 1. The number of benzene rings is 1. The van der Waals surface area contributed by atoms with Crippen LogP contribution in [-0.2, 0) is 0 Å². The number of aromatic amines is 1. The minimum Gasteiger partial charge on any atom is -0.339 e. The zero-order valence-electron chi connectivity index (χ0n) is 11.8.